The lowest BCUT2D eigenvalue weighted by Gasteiger charge is -2.21. The van der Waals surface area contributed by atoms with E-state index in [0.717, 1.165) is 11.2 Å². The molecule has 1 aliphatic carbocycles. The van der Waals surface area contributed by atoms with Crippen LogP contribution >= 0.6 is 0 Å². The number of furan rings is 1. The molecule has 0 radical (unpaired) electrons. The molecule has 1 aromatic heterocycles. The summed E-state index contributed by atoms with van der Waals surface area (Å²) < 4.78 is 6.72. The third kappa shape index (κ3) is 3.31. The molecule has 0 saturated carbocycles. The highest BCUT2D eigenvalue weighted by atomic mass is 16.3. The molecule has 0 amide bonds. The highest BCUT2D eigenvalue weighted by Gasteiger charge is 2.38. The zero-order valence-electron chi connectivity index (χ0n) is 26.8. The topological polar surface area (TPSA) is 13.1 Å². The van der Waals surface area contributed by atoms with Crippen molar-refractivity contribution in [2.75, 3.05) is 0 Å². The Morgan fingerprint density at radius 3 is 1.90 bits per heavy atom. The summed E-state index contributed by atoms with van der Waals surface area (Å²) in [5.41, 5.74) is 12.1. The van der Waals surface area contributed by atoms with Gasteiger partial charge in [-0.1, -0.05) is 141 Å². The maximum atomic E-state index is 6.72. The number of rotatable bonds is 2. The minimum atomic E-state index is -0.126. The summed E-state index contributed by atoms with van der Waals surface area (Å²) in [4.78, 5) is 0. The van der Waals surface area contributed by atoms with Crippen molar-refractivity contribution >= 4 is 65.0 Å². The van der Waals surface area contributed by atoms with E-state index in [9.17, 15) is 0 Å². The number of fused-ring (bicyclic) bond motifs is 8. The van der Waals surface area contributed by atoms with E-state index in [-0.39, 0.29) is 5.41 Å². The Hall–Kier alpha value is -5.92. The summed E-state index contributed by atoms with van der Waals surface area (Å²) in [6.45, 7) is 4.65. The SMILES string of the molecule is CC1(C)c2ccccc2-c2ccc3c(oc4ccc(-c5ccc6ccc7c(-c8cccc9ccccc89)ccc8ccc5c6c87)cc43)c21. The predicted octanol–water partition coefficient (Wildman–Crippen LogP) is 13.3. The molecule has 0 aliphatic heterocycles. The van der Waals surface area contributed by atoms with Crippen LogP contribution in [0.2, 0.25) is 0 Å². The van der Waals surface area contributed by atoms with Gasteiger partial charge >= 0.3 is 0 Å². The van der Waals surface area contributed by atoms with Crippen LogP contribution < -0.4 is 0 Å². The Labute approximate surface area is 278 Å². The molecule has 0 bridgehead atoms. The first-order valence-electron chi connectivity index (χ1n) is 16.8. The zero-order chi connectivity index (χ0) is 31.7. The van der Waals surface area contributed by atoms with Crippen LogP contribution in [0.25, 0.3) is 98.4 Å². The van der Waals surface area contributed by atoms with Crippen LogP contribution in [-0.2, 0) is 5.41 Å². The van der Waals surface area contributed by atoms with Gasteiger partial charge in [-0.15, -0.1) is 0 Å². The monoisotopic (exact) mass is 610 g/mol. The number of hydrogen-bond acceptors (Lipinski definition) is 1. The normalized spacial score (nSPS) is 13.8. The molecule has 1 heteroatoms. The third-order valence-corrected chi connectivity index (χ3v) is 11.2. The van der Waals surface area contributed by atoms with Gasteiger partial charge in [-0.05, 0) is 100 Å². The molecule has 0 N–H and O–H groups in total. The van der Waals surface area contributed by atoms with E-state index in [4.69, 9.17) is 4.42 Å². The van der Waals surface area contributed by atoms with Gasteiger partial charge in [-0.25, -0.2) is 0 Å². The van der Waals surface area contributed by atoms with Gasteiger partial charge in [0, 0.05) is 21.8 Å². The van der Waals surface area contributed by atoms with E-state index < -0.39 is 0 Å². The molecule has 48 heavy (non-hydrogen) atoms. The van der Waals surface area contributed by atoms with Gasteiger partial charge in [0.2, 0.25) is 0 Å². The Kier molecular flexibility index (Phi) is 4.97. The largest absolute Gasteiger partial charge is 0.456 e. The average Bonchev–Trinajstić information content (AvgIpc) is 3.61. The Bertz CT molecular complexity index is 2970. The van der Waals surface area contributed by atoms with Crippen molar-refractivity contribution in [3.05, 3.63) is 157 Å². The molecule has 1 heterocycles. The fourth-order valence-corrected chi connectivity index (χ4v) is 9.00. The van der Waals surface area contributed by atoms with Gasteiger partial charge in [0.25, 0.3) is 0 Å². The molecule has 11 rings (SSSR count). The maximum Gasteiger partial charge on any atom is 0.140 e. The van der Waals surface area contributed by atoms with Crippen LogP contribution in [0.15, 0.2) is 150 Å². The second-order valence-electron chi connectivity index (χ2n) is 14.0. The first kappa shape index (κ1) is 26.2. The molecule has 9 aromatic carbocycles. The molecule has 10 aromatic rings. The van der Waals surface area contributed by atoms with Crippen molar-refractivity contribution in [1.82, 2.24) is 0 Å². The van der Waals surface area contributed by atoms with Gasteiger partial charge in [0.15, 0.2) is 0 Å². The van der Waals surface area contributed by atoms with Crippen molar-refractivity contribution in [2.24, 2.45) is 0 Å². The van der Waals surface area contributed by atoms with E-state index in [2.05, 4.69) is 159 Å². The lowest BCUT2D eigenvalue weighted by atomic mass is 9.82. The van der Waals surface area contributed by atoms with Gasteiger partial charge in [-0.2, -0.15) is 0 Å². The van der Waals surface area contributed by atoms with E-state index in [1.54, 1.807) is 0 Å². The lowest BCUT2D eigenvalue weighted by molar-refractivity contribution is 0.620. The number of benzene rings is 9. The lowest BCUT2D eigenvalue weighted by Crippen LogP contribution is -2.15. The van der Waals surface area contributed by atoms with Gasteiger partial charge in [-0.3, -0.25) is 0 Å². The molecule has 1 aliphatic rings. The molecule has 224 valence electrons. The van der Waals surface area contributed by atoms with Crippen molar-refractivity contribution < 1.29 is 4.42 Å². The van der Waals surface area contributed by atoms with Gasteiger partial charge in [0.05, 0.1) is 0 Å². The van der Waals surface area contributed by atoms with Crippen LogP contribution in [0.3, 0.4) is 0 Å². The maximum absolute atomic E-state index is 6.72. The summed E-state index contributed by atoms with van der Waals surface area (Å²) in [6.07, 6.45) is 0. The van der Waals surface area contributed by atoms with E-state index >= 15 is 0 Å². The second-order valence-corrected chi connectivity index (χ2v) is 14.0. The van der Waals surface area contributed by atoms with E-state index in [1.807, 2.05) is 0 Å². The highest BCUT2D eigenvalue weighted by Crippen LogP contribution is 2.53. The Morgan fingerprint density at radius 2 is 1.04 bits per heavy atom. The zero-order valence-corrected chi connectivity index (χ0v) is 26.8. The molecule has 1 nitrogen and oxygen atoms in total. The van der Waals surface area contributed by atoms with Crippen molar-refractivity contribution in [3.63, 3.8) is 0 Å². The van der Waals surface area contributed by atoms with Crippen molar-refractivity contribution in [2.45, 2.75) is 19.3 Å². The van der Waals surface area contributed by atoms with Crippen molar-refractivity contribution in [3.8, 4) is 33.4 Å². The minimum absolute atomic E-state index is 0.126. The second kappa shape index (κ2) is 9.12. The Morgan fingerprint density at radius 1 is 0.417 bits per heavy atom. The fraction of sp³-hybridized carbons (Fsp3) is 0.0638. The van der Waals surface area contributed by atoms with Gasteiger partial charge < -0.3 is 4.42 Å². The first-order chi connectivity index (χ1) is 23.6. The molecule has 0 atom stereocenters. The first-order valence-corrected chi connectivity index (χ1v) is 16.8. The standard InChI is InChI=1S/C47H30O/c1-47(2)41-13-6-5-11-35(41)38-23-24-39-40-26-30(18-25-42(40)48-46(39)45(38)47)32-19-14-28-17-22-37-34(20-15-29-16-21-36(32)43(28)44(29)37)33-12-7-9-27-8-3-4-10-31(27)33/h3-26H,1-2H3. The Balaban J connectivity index is 1.14. The van der Waals surface area contributed by atoms with Crippen LogP contribution in [-0.4, -0.2) is 0 Å². The fourth-order valence-electron chi connectivity index (χ4n) is 9.00. The number of hydrogen-bond donors (Lipinski definition) is 0. The molecule has 0 unspecified atom stereocenters. The molecule has 0 saturated heterocycles. The summed E-state index contributed by atoms with van der Waals surface area (Å²) in [6, 6.07) is 53.9. The van der Waals surface area contributed by atoms with Crippen LogP contribution in [0, 0.1) is 0 Å². The molecule has 0 fully saturated rings. The van der Waals surface area contributed by atoms with Crippen LogP contribution in [0.5, 0.6) is 0 Å². The van der Waals surface area contributed by atoms with Gasteiger partial charge in [0.1, 0.15) is 11.2 Å². The quantitative estimate of drug-likeness (QED) is 0.178. The summed E-state index contributed by atoms with van der Waals surface area (Å²) in [5.74, 6) is 0. The van der Waals surface area contributed by atoms with E-state index in [1.165, 1.54) is 98.4 Å². The molecule has 0 spiro atoms. The minimum Gasteiger partial charge on any atom is -0.456 e. The van der Waals surface area contributed by atoms with E-state index in [0.29, 0.717) is 0 Å². The third-order valence-electron chi connectivity index (χ3n) is 11.2. The van der Waals surface area contributed by atoms with Crippen LogP contribution in [0.1, 0.15) is 25.0 Å². The average molecular weight is 611 g/mol. The summed E-state index contributed by atoms with van der Waals surface area (Å²) in [5, 5.41) is 12.7. The molecular weight excluding hydrogens is 581 g/mol. The summed E-state index contributed by atoms with van der Waals surface area (Å²) in [7, 11) is 0. The molecular formula is C47H30O. The predicted molar refractivity (Wildman–Crippen MR) is 203 cm³/mol. The highest BCUT2D eigenvalue weighted by molar-refractivity contribution is 6.28. The summed E-state index contributed by atoms with van der Waals surface area (Å²) >= 11 is 0. The van der Waals surface area contributed by atoms with Crippen LogP contribution in [0.4, 0.5) is 0 Å². The van der Waals surface area contributed by atoms with Crippen molar-refractivity contribution in [1.29, 1.82) is 0 Å². The smallest absolute Gasteiger partial charge is 0.140 e.